The largest absolute Gasteiger partial charge is 0.459 e. The van der Waals surface area contributed by atoms with Crippen molar-refractivity contribution in [3.63, 3.8) is 0 Å². The quantitative estimate of drug-likeness (QED) is 0.822. The molecule has 140 valence electrons. The van der Waals surface area contributed by atoms with E-state index in [1.54, 1.807) is 15.7 Å². The summed E-state index contributed by atoms with van der Waals surface area (Å²) in [6.45, 7) is 3.81. The highest BCUT2D eigenvalue weighted by atomic mass is 19.1. The van der Waals surface area contributed by atoms with Gasteiger partial charge in [0, 0.05) is 12.6 Å². The molecule has 2 aromatic rings. The molecule has 27 heavy (non-hydrogen) atoms. The molecule has 0 saturated carbocycles. The number of rotatable bonds is 3. The number of anilines is 1. The summed E-state index contributed by atoms with van der Waals surface area (Å²) in [5.74, 6) is -1.08. The van der Waals surface area contributed by atoms with Gasteiger partial charge in [-0.05, 0) is 25.1 Å². The fraction of sp³-hybridized carbons (Fsp3) is 0.353. The van der Waals surface area contributed by atoms with Crippen LogP contribution in [0.15, 0.2) is 18.2 Å². The Morgan fingerprint density at radius 3 is 2.96 bits per heavy atom. The Bertz CT molecular complexity index is 935. The summed E-state index contributed by atoms with van der Waals surface area (Å²) >= 11 is 0. The number of aromatic nitrogens is 3. The number of hydrogen-bond donors (Lipinski definition) is 1. The molecule has 1 aromatic carbocycles. The molecule has 0 spiro atoms. The van der Waals surface area contributed by atoms with Gasteiger partial charge in [0.05, 0.1) is 30.4 Å². The zero-order chi connectivity index (χ0) is 19.6. The molecule has 9 nitrogen and oxygen atoms in total. The summed E-state index contributed by atoms with van der Waals surface area (Å²) < 4.78 is 20.1. The SMILES string of the molecule is CC(=O)OCc1nnn2c1CN(C(=O)Nc1ccc(F)c(C#N)c1)[C@@H](C)C2. The van der Waals surface area contributed by atoms with E-state index in [1.165, 1.54) is 19.1 Å². The van der Waals surface area contributed by atoms with Crippen molar-refractivity contribution in [3.8, 4) is 6.07 Å². The average molecular weight is 372 g/mol. The zero-order valence-electron chi connectivity index (χ0n) is 14.8. The highest BCUT2D eigenvalue weighted by molar-refractivity contribution is 5.89. The minimum Gasteiger partial charge on any atom is -0.459 e. The Balaban J connectivity index is 1.76. The van der Waals surface area contributed by atoms with Gasteiger partial charge in [-0.2, -0.15) is 5.26 Å². The first kappa shape index (κ1) is 18.3. The number of esters is 1. The van der Waals surface area contributed by atoms with Crippen LogP contribution in [0, 0.1) is 17.1 Å². The third-order valence-corrected chi connectivity index (χ3v) is 4.22. The van der Waals surface area contributed by atoms with E-state index >= 15 is 0 Å². The van der Waals surface area contributed by atoms with Crippen LogP contribution in [0.25, 0.3) is 0 Å². The number of nitriles is 1. The third-order valence-electron chi connectivity index (χ3n) is 4.22. The van der Waals surface area contributed by atoms with Crippen LogP contribution < -0.4 is 5.32 Å². The maximum atomic E-state index is 13.4. The predicted molar refractivity (Wildman–Crippen MR) is 90.6 cm³/mol. The van der Waals surface area contributed by atoms with E-state index in [-0.39, 0.29) is 24.8 Å². The number of ether oxygens (including phenoxy) is 1. The number of nitrogens with one attached hydrogen (secondary N) is 1. The van der Waals surface area contributed by atoms with Gasteiger partial charge in [0.2, 0.25) is 0 Å². The number of carbonyl (C=O) groups is 2. The van der Waals surface area contributed by atoms with Crippen molar-refractivity contribution >= 4 is 17.7 Å². The van der Waals surface area contributed by atoms with Crippen molar-refractivity contribution in [2.75, 3.05) is 5.32 Å². The monoisotopic (exact) mass is 372 g/mol. The Morgan fingerprint density at radius 1 is 1.48 bits per heavy atom. The highest BCUT2D eigenvalue weighted by Gasteiger charge is 2.30. The molecule has 0 unspecified atom stereocenters. The summed E-state index contributed by atoms with van der Waals surface area (Å²) in [5.41, 5.74) is 1.35. The van der Waals surface area contributed by atoms with E-state index in [0.29, 0.717) is 23.6 Å². The maximum Gasteiger partial charge on any atom is 0.322 e. The molecule has 1 atom stereocenters. The number of nitrogens with zero attached hydrogens (tertiary/aromatic N) is 5. The second kappa shape index (κ2) is 7.41. The van der Waals surface area contributed by atoms with E-state index < -0.39 is 17.8 Å². The molecule has 0 fully saturated rings. The molecule has 2 heterocycles. The predicted octanol–water partition coefficient (Wildman–Crippen LogP) is 1.79. The Labute approximate surface area is 154 Å². The number of carbonyl (C=O) groups excluding carboxylic acids is 2. The van der Waals surface area contributed by atoms with Crippen LogP contribution in [-0.2, 0) is 29.2 Å². The van der Waals surface area contributed by atoms with Crippen molar-refractivity contribution < 1.29 is 18.7 Å². The first-order valence-corrected chi connectivity index (χ1v) is 8.21. The van der Waals surface area contributed by atoms with Crippen LogP contribution in [0.5, 0.6) is 0 Å². The lowest BCUT2D eigenvalue weighted by molar-refractivity contribution is -0.142. The second-order valence-electron chi connectivity index (χ2n) is 6.16. The van der Waals surface area contributed by atoms with Crippen molar-refractivity contribution in [3.05, 3.63) is 41.0 Å². The second-order valence-corrected chi connectivity index (χ2v) is 6.16. The number of amides is 2. The molecule has 0 radical (unpaired) electrons. The lowest BCUT2D eigenvalue weighted by atomic mass is 10.1. The number of hydrogen-bond acceptors (Lipinski definition) is 6. The lowest BCUT2D eigenvalue weighted by Gasteiger charge is -2.33. The Hall–Kier alpha value is -3.48. The van der Waals surface area contributed by atoms with Crippen molar-refractivity contribution in [1.29, 1.82) is 5.26 Å². The number of benzene rings is 1. The molecule has 0 saturated heterocycles. The van der Waals surface area contributed by atoms with Crippen LogP contribution in [0.2, 0.25) is 0 Å². The fourth-order valence-electron chi connectivity index (χ4n) is 2.79. The number of halogens is 1. The number of fused-ring (bicyclic) bond motifs is 1. The molecule has 1 aromatic heterocycles. The van der Waals surface area contributed by atoms with Gasteiger partial charge in [0.15, 0.2) is 0 Å². The number of urea groups is 1. The van der Waals surface area contributed by atoms with E-state index in [2.05, 4.69) is 15.6 Å². The summed E-state index contributed by atoms with van der Waals surface area (Å²) in [7, 11) is 0. The maximum absolute atomic E-state index is 13.4. The normalized spacial score (nSPS) is 15.6. The molecule has 2 amide bonds. The average Bonchev–Trinajstić information content (AvgIpc) is 3.02. The van der Waals surface area contributed by atoms with Crippen LogP contribution in [0.3, 0.4) is 0 Å². The van der Waals surface area contributed by atoms with Gasteiger partial charge in [0.25, 0.3) is 0 Å². The molecular weight excluding hydrogens is 355 g/mol. The van der Waals surface area contributed by atoms with Crippen LogP contribution in [-0.4, -0.2) is 37.9 Å². The van der Waals surface area contributed by atoms with Gasteiger partial charge < -0.3 is 15.0 Å². The van der Waals surface area contributed by atoms with Crippen LogP contribution >= 0.6 is 0 Å². The van der Waals surface area contributed by atoms with Crippen LogP contribution in [0.4, 0.5) is 14.9 Å². The van der Waals surface area contributed by atoms with Gasteiger partial charge in [-0.3, -0.25) is 4.79 Å². The molecule has 10 heteroatoms. The van der Waals surface area contributed by atoms with E-state index in [9.17, 15) is 14.0 Å². The zero-order valence-corrected chi connectivity index (χ0v) is 14.8. The molecule has 3 rings (SSSR count). The Kier molecular flexibility index (Phi) is 5.03. The van der Waals surface area contributed by atoms with Crippen molar-refractivity contribution in [2.45, 2.75) is 39.6 Å². The molecule has 0 bridgehead atoms. The van der Waals surface area contributed by atoms with Gasteiger partial charge in [-0.1, -0.05) is 5.21 Å². The minimum absolute atomic E-state index is 0.0159. The highest BCUT2D eigenvalue weighted by Crippen LogP contribution is 2.21. The van der Waals surface area contributed by atoms with Gasteiger partial charge in [-0.15, -0.1) is 5.10 Å². The molecule has 0 aliphatic carbocycles. The Morgan fingerprint density at radius 2 is 2.26 bits per heavy atom. The fourth-order valence-corrected chi connectivity index (χ4v) is 2.79. The van der Waals surface area contributed by atoms with Gasteiger partial charge >= 0.3 is 12.0 Å². The standard InChI is InChI=1S/C17H17FN6O3/c1-10-7-24-16(15(21-22-24)9-27-11(2)25)8-23(10)17(26)20-13-3-4-14(18)12(5-13)6-19/h3-5,10H,7-9H2,1-2H3,(H,20,26)/t10-/m0/s1. The summed E-state index contributed by atoms with van der Waals surface area (Å²) in [5, 5.41) is 19.6. The minimum atomic E-state index is -0.646. The smallest absolute Gasteiger partial charge is 0.322 e. The van der Waals surface area contributed by atoms with Gasteiger partial charge in [0.1, 0.15) is 24.2 Å². The van der Waals surface area contributed by atoms with E-state index in [4.69, 9.17) is 10.00 Å². The topological polar surface area (TPSA) is 113 Å². The van der Waals surface area contributed by atoms with E-state index in [0.717, 1.165) is 6.07 Å². The van der Waals surface area contributed by atoms with E-state index in [1.807, 2.05) is 6.92 Å². The van der Waals surface area contributed by atoms with Crippen LogP contribution in [0.1, 0.15) is 30.8 Å². The van der Waals surface area contributed by atoms with Crippen molar-refractivity contribution in [2.24, 2.45) is 0 Å². The molecule has 1 aliphatic heterocycles. The molecular formula is C17H17FN6O3. The summed E-state index contributed by atoms with van der Waals surface area (Å²) in [6.07, 6.45) is 0. The lowest BCUT2D eigenvalue weighted by Crippen LogP contribution is -2.47. The first-order valence-electron chi connectivity index (χ1n) is 8.21. The molecule has 1 aliphatic rings. The van der Waals surface area contributed by atoms with Crippen molar-refractivity contribution in [1.82, 2.24) is 19.9 Å². The molecule has 1 N–H and O–H groups in total. The third kappa shape index (κ3) is 3.87. The first-order chi connectivity index (χ1) is 12.9. The van der Waals surface area contributed by atoms with Gasteiger partial charge in [-0.25, -0.2) is 13.9 Å². The summed E-state index contributed by atoms with van der Waals surface area (Å²) in [4.78, 5) is 25.3. The summed E-state index contributed by atoms with van der Waals surface area (Å²) in [6, 6.07) is 4.96.